The molecule has 1 amide bonds. The number of ketones is 1. The number of carbonyl (C=O) groups is 2. The number of Topliss-reactive ketones (excluding diaryl/α,β-unsaturated/α-hetero) is 1. The van der Waals surface area contributed by atoms with Gasteiger partial charge in [0.15, 0.2) is 23.9 Å². The maximum Gasteiger partial charge on any atom is 0.262 e. The Labute approximate surface area is 185 Å². The second kappa shape index (κ2) is 8.93. The Morgan fingerprint density at radius 1 is 1.00 bits per heavy atom. The Morgan fingerprint density at radius 3 is 2.44 bits per heavy atom. The zero-order chi connectivity index (χ0) is 22.7. The van der Waals surface area contributed by atoms with Crippen molar-refractivity contribution in [2.75, 3.05) is 19.0 Å². The number of fused-ring (bicyclic) bond motifs is 1. The van der Waals surface area contributed by atoms with Crippen molar-refractivity contribution in [2.24, 2.45) is 7.05 Å². The van der Waals surface area contributed by atoms with Gasteiger partial charge in [-0.1, -0.05) is 12.1 Å². The molecule has 0 aliphatic heterocycles. The van der Waals surface area contributed by atoms with Gasteiger partial charge in [-0.15, -0.1) is 0 Å². The molecule has 0 radical (unpaired) electrons. The van der Waals surface area contributed by atoms with Gasteiger partial charge in [-0.25, -0.2) is 4.98 Å². The molecule has 0 saturated carbocycles. The first-order chi connectivity index (χ1) is 15.5. The number of nitrogens with zero attached hydrogens (tertiary/aromatic N) is 2. The van der Waals surface area contributed by atoms with Crippen molar-refractivity contribution in [1.29, 1.82) is 0 Å². The first-order valence-electron chi connectivity index (χ1n) is 10.1. The summed E-state index contributed by atoms with van der Waals surface area (Å²) in [7, 11) is 3.47. The lowest BCUT2D eigenvalue weighted by Gasteiger charge is -2.12. The Bertz CT molecular complexity index is 1290. The quantitative estimate of drug-likeness (QED) is 0.438. The smallest absolute Gasteiger partial charge is 0.262 e. The van der Waals surface area contributed by atoms with E-state index in [1.165, 1.54) is 14.0 Å². The largest absolute Gasteiger partial charge is 0.493 e. The molecule has 0 fully saturated rings. The molecule has 3 aromatic carbocycles. The van der Waals surface area contributed by atoms with Gasteiger partial charge in [-0.3, -0.25) is 9.59 Å². The van der Waals surface area contributed by atoms with E-state index in [1.807, 2.05) is 60.1 Å². The maximum absolute atomic E-state index is 12.3. The summed E-state index contributed by atoms with van der Waals surface area (Å²) in [5.74, 6) is 1.27. The molecule has 0 bridgehead atoms. The fourth-order valence-corrected chi connectivity index (χ4v) is 3.45. The molecular formula is C25H23N3O4. The molecule has 0 aliphatic carbocycles. The summed E-state index contributed by atoms with van der Waals surface area (Å²) < 4.78 is 12.9. The number of anilines is 1. The molecule has 0 unspecified atom stereocenters. The van der Waals surface area contributed by atoms with Crippen molar-refractivity contribution < 1.29 is 19.1 Å². The van der Waals surface area contributed by atoms with E-state index in [0.717, 1.165) is 22.4 Å². The number of benzene rings is 3. The van der Waals surface area contributed by atoms with Crippen molar-refractivity contribution >= 4 is 28.4 Å². The van der Waals surface area contributed by atoms with Gasteiger partial charge in [0.05, 0.1) is 18.1 Å². The number of hydrogen-bond donors (Lipinski definition) is 1. The van der Waals surface area contributed by atoms with Crippen molar-refractivity contribution in [3.63, 3.8) is 0 Å². The predicted octanol–water partition coefficient (Wildman–Crippen LogP) is 4.47. The number of carbonyl (C=O) groups excluding carboxylic acids is 2. The van der Waals surface area contributed by atoms with Crippen LogP contribution in [0, 0.1) is 0 Å². The first kappa shape index (κ1) is 21.1. The highest BCUT2D eigenvalue weighted by atomic mass is 16.5. The number of nitrogens with one attached hydrogen (secondary N) is 1. The van der Waals surface area contributed by atoms with E-state index in [4.69, 9.17) is 14.5 Å². The van der Waals surface area contributed by atoms with Crippen LogP contribution in [-0.2, 0) is 11.8 Å². The lowest BCUT2D eigenvalue weighted by atomic mass is 10.1. The Kier molecular flexibility index (Phi) is 5.89. The van der Waals surface area contributed by atoms with Crippen LogP contribution >= 0.6 is 0 Å². The number of aryl methyl sites for hydroxylation is 1. The molecule has 1 N–H and O–H groups in total. The van der Waals surface area contributed by atoms with Gasteiger partial charge in [-0.2, -0.15) is 0 Å². The molecule has 4 aromatic rings. The predicted molar refractivity (Wildman–Crippen MR) is 123 cm³/mol. The van der Waals surface area contributed by atoms with Crippen LogP contribution in [0.4, 0.5) is 5.69 Å². The molecule has 162 valence electrons. The van der Waals surface area contributed by atoms with E-state index in [2.05, 4.69) is 5.32 Å². The van der Waals surface area contributed by atoms with Gasteiger partial charge in [0.1, 0.15) is 5.82 Å². The third-order valence-corrected chi connectivity index (χ3v) is 5.14. The average molecular weight is 429 g/mol. The zero-order valence-electron chi connectivity index (χ0n) is 18.1. The number of methoxy groups -OCH3 is 1. The SMILES string of the molecule is COc1cc(C(C)=O)ccc1OCC(=O)Nc1ccc(-c2nc3ccccc3n2C)cc1. The lowest BCUT2D eigenvalue weighted by Crippen LogP contribution is -2.20. The minimum absolute atomic E-state index is 0.0744. The number of ether oxygens (including phenoxy) is 2. The number of para-hydroxylation sites is 2. The summed E-state index contributed by atoms with van der Waals surface area (Å²) in [5, 5.41) is 2.81. The van der Waals surface area contributed by atoms with Gasteiger partial charge in [0.25, 0.3) is 5.91 Å². The second-order valence-electron chi connectivity index (χ2n) is 7.32. The molecule has 0 aliphatic rings. The van der Waals surface area contributed by atoms with Crippen LogP contribution in [0.25, 0.3) is 22.4 Å². The van der Waals surface area contributed by atoms with Crippen molar-refractivity contribution in [2.45, 2.75) is 6.92 Å². The third kappa shape index (κ3) is 4.32. The number of imidazole rings is 1. The normalized spacial score (nSPS) is 10.7. The molecular weight excluding hydrogens is 406 g/mol. The molecule has 1 heterocycles. The Balaban J connectivity index is 1.41. The topological polar surface area (TPSA) is 82.4 Å². The van der Waals surface area contributed by atoms with Crippen molar-refractivity contribution in [3.05, 3.63) is 72.3 Å². The van der Waals surface area contributed by atoms with E-state index in [-0.39, 0.29) is 18.3 Å². The average Bonchev–Trinajstić information content (AvgIpc) is 3.14. The monoisotopic (exact) mass is 429 g/mol. The summed E-state index contributed by atoms with van der Waals surface area (Å²) in [4.78, 5) is 28.5. The Morgan fingerprint density at radius 2 is 1.75 bits per heavy atom. The molecule has 1 aromatic heterocycles. The molecule has 7 nitrogen and oxygen atoms in total. The van der Waals surface area contributed by atoms with E-state index in [1.54, 1.807) is 18.2 Å². The third-order valence-electron chi connectivity index (χ3n) is 5.14. The van der Waals surface area contributed by atoms with Crippen molar-refractivity contribution in [1.82, 2.24) is 9.55 Å². The fraction of sp³-hybridized carbons (Fsp3) is 0.160. The number of rotatable bonds is 7. The van der Waals surface area contributed by atoms with E-state index >= 15 is 0 Å². The van der Waals surface area contributed by atoms with E-state index < -0.39 is 0 Å². The highest BCUT2D eigenvalue weighted by Crippen LogP contribution is 2.28. The minimum atomic E-state index is -0.307. The van der Waals surface area contributed by atoms with Gasteiger partial charge < -0.3 is 19.4 Å². The molecule has 0 spiro atoms. The number of amides is 1. The summed E-state index contributed by atoms with van der Waals surface area (Å²) in [6.07, 6.45) is 0. The van der Waals surface area contributed by atoms with Crippen LogP contribution in [-0.4, -0.2) is 35.0 Å². The van der Waals surface area contributed by atoms with E-state index in [9.17, 15) is 9.59 Å². The molecule has 0 atom stereocenters. The summed E-state index contributed by atoms with van der Waals surface area (Å²) in [6.45, 7) is 1.28. The standard InChI is InChI=1S/C25H23N3O4/c1-16(29)18-10-13-22(23(14-18)31-3)32-15-24(30)26-19-11-8-17(9-12-19)25-27-20-6-4-5-7-21(20)28(25)2/h4-14H,15H2,1-3H3,(H,26,30). The first-order valence-corrected chi connectivity index (χ1v) is 10.1. The molecule has 4 rings (SSSR count). The molecule has 0 saturated heterocycles. The van der Waals surface area contributed by atoms with Gasteiger partial charge in [-0.05, 0) is 61.5 Å². The van der Waals surface area contributed by atoms with Crippen LogP contribution in [0.3, 0.4) is 0 Å². The molecule has 7 heteroatoms. The number of aromatic nitrogens is 2. The molecule has 32 heavy (non-hydrogen) atoms. The zero-order valence-corrected chi connectivity index (χ0v) is 18.1. The fourth-order valence-electron chi connectivity index (χ4n) is 3.45. The van der Waals surface area contributed by atoms with Crippen LogP contribution < -0.4 is 14.8 Å². The second-order valence-corrected chi connectivity index (χ2v) is 7.32. The van der Waals surface area contributed by atoms with Crippen LogP contribution in [0.5, 0.6) is 11.5 Å². The number of hydrogen-bond acceptors (Lipinski definition) is 5. The highest BCUT2D eigenvalue weighted by molar-refractivity contribution is 5.95. The summed E-state index contributed by atoms with van der Waals surface area (Å²) in [6, 6.07) is 20.3. The van der Waals surface area contributed by atoms with E-state index in [0.29, 0.717) is 22.7 Å². The van der Waals surface area contributed by atoms with Gasteiger partial charge in [0, 0.05) is 23.9 Å². The van der Waals surface area contributed by atoms with Crippen molar-refractivity contribution in [3.8, 4) is 22.9 Å². The maximum atomic E-state index is 12.3. The lowest BCUT2D eigenvalue weighted by molar-refractivity contribution is -0.118. The minimum Gasteiger partial charge on any atom is -0.493 e. The summed E-state index contributed by atoms with van der Waals surface area (Å²) in [5.41, 5.74) is 4.11. The van der Waals surface area contributed by atoms with Crippen LogP contribution in [0.15, 0.2) is 66.7 Å². The van der Waals surface area contributed by atoms with Gasteiger partial charge in [0.2, 0.25) is 0 Å². The summed E-state index contributed by atoms with van der Waals surface area (Å²) >= 11 is 0. The van der Waals surface area contributed by atoms with Crippen LogP contribution in [0.2, 0.25) is 0 Å². The van der Waals surface area contributed by atoms with Gasteiger partial charge >= 0.3 is 0 Å². The van der Waals surface area contributed by atoms with Crippen LogP contribution in [0.1, 0.15) is 17.3 Å². The highest BCUT2D eigenvalue weighted by Gasteiger charge is 2.12. The Hall–Kier alpha value is -4.13.